The summed E-state index contributed by atoms with van der Waals surface area (Å²) < 4.78 is 0. The Morgan fingerprint density at radius 3 is 2.64 bits per heavy atom. The summed E-state index contributed by atoms with van der Waals surface area (Å²) in [6.45, 7) is 7.01. The lowest BCUT2D eigenvalue weighted by Crippen LogP contribution is -2.61. The van der Waals surface area contributed by atoms with E-state index in [-0.39, 0.29) is 0 Å². The Bertz CT molecular complexity index is 160. The number of rotatable bonds is 2. The number of nitrogens with zero attached hydrogens (tertiary/aromatic N) is 1. The monoisotopic (exact) mass is 153 g/mol. The largest absolute Gasteiger partial charge is 0.292 e. The summed E-state index contributed by atoms with van der Waals surface area (Å²) in [7, 11) is 0. The first-order chi connectivity index (χ1) is 5.19. The van der Waals surface area contributed by atoms with Crippen molar-refractivity contribution >= 4 is 0 Å². The fraction of sp³-hybridized carbons (Fsp3) is 1.00. The number of fused-ring (bicyclic) bond motifs is 1. The van der Waals surface area contributed by atoms with Crippen LogP contribution in [0.5, 0.6) is 0 Å². The molecule has 1 heteroatoms. The van der Waals surface area contributed by atoms with Gasteiger partial charge in [-0.25, -0.2) is 0 Å². The molecular formula is C10H19N. The SMILES string of the molecule is CCC12CCC(C1)N2C(C)C. The zero-order chi connectivity index (χ0) is 8.06. The van der Waals surface area contributed by atoms with Gasteiger partial charge in [-0.3, -0.25) is 4.90 Å². The molecule has 2 unspecified atom stereocenters. The molecule has 2 bridgehead atoms. The summed E-state index contributed by atoms with van der Waals surface area (Å²) in [6, 6.07) is 1.73. The van der Waals surface area contributed by atoms with Crippen LogP contribution in [-0.2, 0) is 0 Å². The van der Waals surface area contributed by atoms with E-state index in [2.05, 4.69) is 25.7 Å². The average Bonchev–Trinajstić information content (AvgIpc) is 2.40. The minimum atomic E-state index is 0.652. The second-order valence-electron chi connectivity index (χ2n) is 4.48. The highest BCUT2D eigenvalue weighted by molar-refractivity contribution is 5.12. The molecule has 3 aliphatic rings. The molecule has 3 rings (SSSR count). The van der Waals surface area contributed by atoms with Crippen LogP contribution in [0.15, 0.2) is 0 Å². The van der Waals surface area contributed by atoms with Crippen molar-refractivity contribution in [3.05, 3.63) is 0 Å². The quantitative estimate of drug-likeness (QED) is 0.589. The first-order valence-electron chi connectivity index (χ1n) is 4.98. The van der Waals surface area contributed by atoms with Crippen LogP contribution in [0.4, 0.5) is 0 Å². The van der Waals surface area contributed by atoms with Crippen molar-refractivity contribution in [1.29, 1.82) is 0 Å². The van der Waals surface area contributed by atoms with Crippen molar-refractivity contribution in [3.63, 3.8) is 0 Å². The van der Waals surface area contributed by atoms with Crippen molar-refractivity contribution in [2.75, 3.05) is 0 Å². The smallest absolute Gasteiger partial charge is 0.0228 e. The van der Waals surface area contributed by atoms with E-state index >= 15 is 0 Å². The van der Waals surface area contributed by atoms with Crippen molar-refractivity contribution in [3.8, 4) is 0 Å². The molecule has 0 aromatic heterocycles. The van der Waals surface area contributed by atoms with E-state index in [0.717, 1.165) is 12.1 Å². The lowest BCUT2D eigenvalue weighted by atomic mass is 9.83. The minimum Gasteiger partial charge on any atom is -0.292 e. The van der Waals surface area contributed by atoms with E-state index in [4.69, 9.17) is 0 Å². The fourth-order valence-electron chi connectivity index (χ4n) is 3.30. The molecule has 64 valence electrons. The maximum Gasteiger partial charge on any atom is 0.0228 e. The fourth-order valence-corrected chi connectivity index (χ4v) is 3.30. The Morgan fingerprint density at radius 1 is 1.55 bits per heavy atom. The molecule has 0 amide bonds. The Morgan fingerprint density at radius 2 is 2.27 bits per heavy atom. The standard InChI is InChI=1S/C10H19N/c1-4-10-6-5-9(7-10)11(10)8(2)3/h8-9H,4-7H2,1-3H3. The molecule has 0 N–H and O–H groups in total. The van der Waals surface area contributed by atoms with Crippen LogP contribution in [0, 0.1) is 0 Å². The molecule has 0 spiro atoms. The molecular weight excluding hydrogens is 134 g/mol. The van der Waals surface area contributed by atoms with Gasteiger partial charge in [0.15, 0.2) is 0 Å². The van der Waals surface area contributed by atoms with Crippen LogP contribution < -0.4 is 0 Å². The Kier molecular flexibility index (Phi) is 1.54. The van der Waals surface area contributed by atoms with Gasteiger partial charge in [0.2, 0.25) is 0 Å². The molecule has 2 heterocycles. The summed E-state index contributed by atoms with van der Waals surface area (Å²) in [6.07, 6.45) is 5.78. The number of hydrogen-bond donors (Lipinski definition) is 0. The first-order valence-corrected chi connectivity index (χ1v) is 4.98. The van der Waals surface area contributed by atoms with Gasteiger partial charge in [-0.1, -0.05) is 6.92 Å². The van der Waals surface area contributed by atoms with Gasteiger partial charge in [0, 0.05) is 17.6 Å². The molecule has 2 atom stereocenters. The summed E-state index contributed by atoms with van der Waals surface area (Å²) in [4.78, 5) is 2.74. The highest BCUT2D eigenvalue weighted by Gasteiger charge is 2.56. The van der Waals surface area contributed by atoms with Gasteiger partial charge >= 0.3 is 0 Å². The highest BCUT2D eigenvalue weighted by Crippen LogP contribution is 2.52. The second-order valence-corrected chi connectivity index (χ2v) is 4.48. The lowest BCUT2D eigenvalue weighted by molar-refractivity contribution is -0.0429. The molecule has 0 aromatic rings. The average molecular weight is 153 g/mol. The van der Waals surface area contributed by atoms with Gasteiger partial charge in [0.05, 0.1) is 0 Å². The van der Waals surface area contributed by atoms with Crippen LogP contribution in [0.3, 0.4) is 0 Å². The van der Waals surface area contributed by atoms with Crippen LogP contribution in [0.25, 0.3) is 0 Å². The molecule has 2 aliphatic heterocycles. The van der Waals surface area contributed by atoms with Gasteiger partial charge in [0.25, 0.3) is 0 Å². The second kappa shape index (κ2) is 2.22. The van der Waals surface area contributed by atoms with Gasteiger partial charge in [-0.2, -0.15) is 0 Å². The molecule has 0 radical (unpaired) electrons. The molecule has 11 heavy (non-hydrogen) atoms. The van der Waals surface area contributed by atoms with Crippen LogP contribution in [0.2, 0.25) is 0 Å². The predicted molar refractivity (Wildman–Crippen MR) is 47.6 cm³/mol. The molecule has 1 aliphatic carbocycles. The third-order valence-electron chi connectivity index (χ3n) is 3.71. The van der Waals surface area contributed by atoms with E-state index in [1.54, 1.807) is 0 Å². The highest BCUT2D eigenvalue weighted by atomic mass is 15.3. The van der Waals surface area contributed by atoms with E-state index in [1.807, 2.05) is 0 Å². The third-order valence-corrected chi connectivity index (χ3v) is 3.71. The van der Waals surface area contributed by atoms with Crippen molar-refractivity contribution in [1.82, 2.24) is 4.90 Å². The van der Waals surface area contributed by atoms with Gasteiger partial charge < -0.3 is 0 Å². The Hall–Kier alpha value is -0.0400. The Balaban J connectivity index is 2.13. The maximum atomic E-state index is 2.74. The molecule has 1 nitrogen and oxygen atoms in total. The topological polar surface area (TPSA) is 3.24 Å². The maximum absolute atomic E-state index is 2.74. The normalized spacial score (nSPS) is 43.1. The Labute approximate surface area is 69.8 Å². The summed E-state index contributed by atoms with van der Waals surface area (Å²) in [5.41, 5.74) is 0.652. The van der Waals surface area contributed by atoms with E-state index in [0.29, 0.717) is 5.54 Å². The molecule has 1 saturated carbocycles. The zero-order valence-corrected chi connectivity index (χ0v) is 7.93. The van der Waals surface area contributed by atoms with E-state index < -0.39 is 0 Å². The van der Waals surface area contributed by atoms with Crippen LogP contribution in [0.1, 0.15) is 46.5 Å². The molecule has 0 aromatic carbocycles. The minimum absolute atomic E-state index is 0.652. The van der Waals surface area contributed by atoms with Gasteiger partial charge in [-0.05, 0) is 39.5 Å². The van der Waals surface area contributed by atoms with Crippen LogP contribution >= 0.6 is 0 Å². The summed E-state index contributed by atoms with van der Waals surface area (Å²) in [5.74, 6) is 0. The van der Waals surface area contributed by atoms with Crippen molar-refractivity contribution in [2.24, 2.45) is 0 Å². The van der Waals surface area contributed by atoms with Crippen molar-refractivity contribution < 1.29 is 0 Å². The molecule has 2 saturated heterocycles. The number of hydrogen-bond acceptors (Lipinski definition) is 1. The predicted octanol–water partition coefficient (Wildman–Crippen LogP) is 2.41. The van der Waals surface area contributed by atoms with Gasteiger partial charge in [0.1, 0.15) is 0 Å². The van der Waals surface area contributed by atoms with Gasteiger partial charge in [-0.15, -0.1) is 0 Å². The molecule has 3 fully saturated rings. The van der Waals surface area contributed by atoms with E-state index in [9.17, 15) is 0 Å². The summed E-state index contributed by atoms with van der Waals surface area (Å²) in [5, 5.41) is 0. The first kappa shape index (κ1) is 7.60. The zero-order valence-electron chi connectivity index (χ0n) is 7.93. The summed E-state index contributed by atoms with van der Waals surface area (Å²) >= 11 is 0. The third kappa shape index (κ3) is 0.807. The van der Waals surface area contributed by atoms with Crippen molar-refractivity contribution in [2.45, 2.75) is 64.1 Å². The van der Waals surface area contributed by atoms with Crippen LogP contribution in [-0.4, -0.2) is 22.5 Å². The van der Waals surface area contributed by atoms with E-state index in [1.165, 1.54) is 25.7 Å². The lowest BCUT2D eigenvalue weighted by Gasteiger charge is -2.53.